The van der Waals surface area contributed by atoms with E-state index < -0.39 is 11.5 Å². The number of pyridine rings is 1. The van der Waals surface area contributed by atoms with Crippen molar-refractivity contribution in [2.24, 2.45) is 5.92 Å². The Hall–Kier alpha value is -2.32. The van der Waals surface area contributed by atoms with Gasteiger partial charge in [0.25, 0.3) is 0 Å². The van der Waals surface area contributed by atoms with E-state index in [1.807, 2.05) is 13.8 Å². The third kappa shape index (κ3) is 4.39. The van der Waals surface area contributed by atoms with Gasteiger partial charge in [-0.15, -0.1) is 5.10 Å². The minimum absolute atomic E-state index is 0.0960. The van der Waals surface area contributed by atoms with Gasteiger partial charge >= 0.3 is 5.69 Å². The summed E-state index contributed by atoms with van der Waals surface area (Å²) in [5.41, 5.74) is -0.0842. The van der Waals surface area contributed by atoms with Crippen LogP contribution in [0.15, 0.2) is 45.8 Å². The van der Waals surface area contributed by atoms with E-state index in [1.165, 1.54) is 22.8 Å². The summed E-state index contributed by atoms with van der Waals surface area (Å²) in [6.45, 7) is 3.71. The Morgan fingerprint density at radius 3 is 2.64 bits per heavy atom. The van der Waals surface area contributed by atoms with Crippen molar-refractivity contribution in [1.29, 1.82) is 0 Å². The van der Waals surface area contributed by atoms with Gasteiger partial charge in [0.15, 0.2) is 17.4 Å². The fourth-order valence-corrected chi connectivity index (χ4v) is 3.14. The standard InChI is InChI=1S/C19H17BrClFN4O2/c1-11(2)7-14(27)10-25-18(12-3-5-16(22)15(21)8-12)24-26(19(25)28)17-6-4-13(20)9-23-17/h3-6,8-9,11H,7,10H2,1-2H3. The number of ketones is 1. The van der Waals surface area contributed by atoms with Crippen LogP contribution in [0.25, 0.3) is 17.2 Å². The minimum Gasteiger partial charge on any atom is -0.298 e. The molecule has 1 aromatic carbocycles. The Morgan fingerprint density at radius 1 is 1.29 bits per heavy atom. The van der Waals surface area contributed by atoms with Crippen LogP contribution in [0.1, 0.15) is 20.3 Å². The number of benzene rings is 1. The number of halogens is 3. The van der Waals surface area contributed by atoms with Crippen LogP contribution >= 0.6 is 27.5 Å². The van der Waals surface area contributed by atoms with Crippen LogP contribution in [0.5, 0.6) is 0 Å². The molecule has 0 atom stereocenters. The van der Waals surface area contributed by atoms with E-state index in [-0.39, 0.29) is 29.1 Å². The van der Waals surface area contributed by atoms with Crippen LogP contribution in [-0.2, 0) is 11.3 Å². The van der Waals surface area contributed by atoms with Crippen molar-refractivity contribution in [1.82, 2.24) is 19.3 Å². The van der Waals surface area contributed by atoms with Gasteiger partial charge in [0.05, 0.1) is 11.6 Å². The first kappa shape index (κ1) is 20.4. The number of aromatic nitrogens is 4. The molecule has 0 aliphatic carbocycles. The summed E-state index contributed by atoms with van der Waals surface area (Å²) in [5, 5.41) is 4.24. The van der Waals surface area contributed by atoms with Crippen LogP contribution < -0.4 is 5.69 Å². The highest BCUT2D eigenvalue weighted by atomic mass is 79.9. The van der Waals surface area contributed by atoms with Gasteiger partial charge in [-0.1, -0.05) is 25.4 Å². The highest BCUT2D eigenvalue weighted by Gasteiger charge is 2.20. The van der Waals surface area contributed by atoms with E-state index in [0.29, 0.717) is 17.8 Å². The lowest BCUT2D eigenvalue weighted by atomic mass is 10.1. The maximum atomic E-state index is 13.6. The van der Waals surface area contributed by atoms with E-state index in [0.717, 1.165) is 9.15 Å². The molecule has 6 nitrogen and oxygen atoms in total. The number of rotatable bonds is 6. The molecule has 2 heterocycles. The van der Waals surface area contributed by atoms with Gasteiger partial charge in [-0.05, 0) is 52.2 Å². The Bertz CT molecular complexity index is 1080. The topological polar surface area (TPSA) is 69.8 Å². The normalized spacial score (nSPS) is 11.2. The third-order valence-electron chi connectivity index (χ3n) is 3.94. The number of nitrogens with zero attached hydrogens (tertiary/aromatic N) is 4. The van der Waals surface area contributed by atoms with Crippen LogP contribution in [0.4, 0.5) is 4.39 Å². The quantitative estimate of drug-likeness (QED) is 0.543. The van der Waals surface area contributed by atoms with E-state index in [2.05, 4.69) is 26.0 Å². The molecule has 9 heteroatoms. The molecule has 146 valence electrons. The average Bonchev–Trinajstić information content (AvgIpc) is 2.94. The first-order valence-corrected chi connectivity index (χ1v) is 9.72. The number of carbonyl (C=O) groups excluding carboxylic acids is 1. The molecule has 0 amide bonds. The zero-order valence-electron chi connectivity index (χ0n) is 15.2. The summed E-state index contributed by atoms with van der Waals surface area (Å²) in [4.78, 5) is 29.5. The Labute approximate surface area is 174 Å². The summed E-state index contributed by atoms with van der Waals surface area (Å²) in [5.74, 6) is 0.000579. The highest BCUT2D eigenvalue weighted by molar-refractivity contribution is 9.10. The molecule has 0 unspecified atom stereocenters. The third-order valence-corrected chi connectivity index (χ3v) is 4.70. The van der Waals surface area contributed by atoms with Crippen LogP contribution in [0, 0.1) is 11.7 Å². The fourth-order valence-electron chi connectivity index (χ4n) is 2.73. The minimum atomic E-state index is -0.579. The predicted octanol–water partition coefficient (Wildman–Crippen LogP) is 4.27. The molecule has 3 aromatic rings. The molecule has 2 aromatic heterocycles. The van der Waals surface area contributed by atoms with Crippen LogP contribution in [0.3, 0.4) is 0 Å². The number of carbonyl (C=O) groups is 1. The molecule has 0 aliphatic heterocycles. The SMILES string of the molecule is CC(C)CC(=O)Cn1c(-c2ccc(F)c(Cl)c2)nn(-c2ccc(Br)cn2)c1=O. The molecule has 0 bridgehead atoms. The lowest BCUT2D eigenvalue weighted by Crippen LogP contribution is -2.27. The van der Waals surface area contributed by atoms with E-state index >= 15 is 0 Å². The maximum absolute atomic E-state index is 13.6. The molecule has 0 spiro atoms. The molecule has 0 saturated carbocycles. The number of hydrogen-bond donors (Lipinski definition) is 0. The van der Waals surface area contributed by atoms with Crippen molar-refractivity contribution < 1.29 is 9.18 Å². The number of Topliss-reactive ketones (excluding diaryl/α,β-unsaturated/α-hetero) is 1. The van der Waals surface area contributed by atoms with Gasteiger partial charge in [0.2, 0.25) is 0 Å². The highest BCUT2D eigenvalue weighted by Crippen LogP contribution is 2.23. The van der Waals surface area contributed by atoms with Crippen molar-refractivity contribution in [3.05, 3.63) is 62.3 Å². The second-order valence-electron chi connectivity index (χ2n) is 6.70. The Morgan fingerprint density at radius 2 is 2.04 bits per heavy atom. The van der Waals surface area contributed by atoms with E-state index in [4.69, 9.17) is 11.6 Å². The molecule has 0 aliphatic rings. The zero-order valence-corrected chi connectivity index (χ0v) is 17.5. The van der Waals surface area contributed by atoms with Gasteiger partial charge < -0.3 is 0 Å². The molecule has 28 heavy (non-hydrogen) atoms. The molecule has 0 radical (unpaired) electrons. The van der Waals surface area contributed by atoms with E-state index in [9.17, 15) is 14.0 Å². The lowest BCUT2D eigenvalue weighted by Gasteiger charge is -2.07. The van der Waals surface area contributed by atoms with Crippen LogP contribution in [0.2, 0.25) is 5.02 Å². The monoisotopic (exact) mass is 466 g/mol. The summed E-state index contributed by atoms with van der Waals surface area (Å²) >= 11 is 9.18. The van der Waals surface area contributed by atoms with Gasteiger partial charge in [-0.25, -0.2) is 14.2 Å². The largest absolute Gasteiger partial charge is 0.352 e. The molecular weight excluding hydrogens is 451 g/mol. The van der Waals surface area contributed by atoms with Crippen molar-refractivity contribution in [2.45, 2.75) is 26.8 Å². The second kappa shape index (κ2) is 8.36. The Kier molecular flexibility index (Phi) is 6.10. The predicted molar refractivity (Wildman–Crippen MR) is 108 cm³/mol. The summed E-state index contributed by atoms with van der Waals surface area (Å²) in [7, 11) is 0. The van der Waals surface area contributed by atoms with Crippen molar-refractivity contribution in [3.8, 4) is 17.2 Å². The molecule has 3 rings (SSSR count). The summed E-state index contributed by atoms with van der Waals surface area (Å²) in [6, 6.07) is 7.39. The van der Waals surface area contributed by atoms with Crippen molar-refractivity contribution in [2.75, 3.05) is 0 Å². The first-order valence-electron chi connectivity index (χ1n) is 8.55. The van der Waals surface area contributed by atoms with Gasteiger partial charge in [-0.3, -0.25) is 9.36 Å². The van der Waals surface area contributed by atoms with E-state index in [1.54, 1.807) is 18.3 Å². The fraction of sp³-hybridized carbons (Fsp3) is 0.263. The second-order valence-corrected chi connectivity index (χ2v) is 8.03. The maximum Gasteiger partial charge on any atom is 0.352 e. The zero-order chi connectivity index (χ0) is 20.4. The average molecular weight is 468 g/mol. The Balaban J connectivity index is 2.14. The van der Waals surface area contributed by atoms with Crippen LogP contribution in [-0.4, -0.2) is 25.1 Å². The van der Waals surface area contributed by atoms with Crippen molar-refractivity contribution >= 4 is 33.3 Å². The van der Waals surface area contributed by atoms with Gasteiger partial charge in [0, 0.05) is 22.7 Å². The smallest absolute Gasteiger partial charge is 0.298 e. The molecule has 0 saturated heterocycles. The first-order chi connectivity index (χ1) is 13.3. The molecular formula is C19H17BrClFN4O2. The molecule has 0 fully saturated rings. The van der Waals surface area contributed by atoms with Crippen molar-refractivity contribution in [3.63, 3.8) is 0 Å². The summed E-state index contributed by atoms with van der Waals surface area (Å²) in [6.07, 6.45) is 1.87. The molecule has 0 N–H and O–H groups in total. The number of hydrogen-bond acceptors (Lipinski definition) is 4. The summed E-state index contributed by atoms with van der Waals surface area (Å²) < 4.78 is 16.7. The lowest BCUT2D eigenvalue weighted by molar-refractivity contribution is -0.120. The van der Waals surface area contributed by atoms with Gasteiger partial charge in [0.1, 0.15) is 5.82 Å². The van der Waals surface area contributed by atoms with Gasteiger partial charge in [-0.2, -0.15) is 4.68 Å².